The maximum atomic E-state index is 14.3. The molecular weight excluding hydrogens is 775 g/mol. The number of methoxy groups -OCH3 is 1. The molecule has 60 heavy (non-hydrogen) atoms. The van der Waals surface area contributed by atoms with Crippen molar-refractivity contribution in [3.63, 3.8) is 0 Å². The minimum absolute atomic E-state index is 0.0144. The monoisotopic (exact) mass is 833 g/mol. The lowest BCUT2D eigenvalue weighted by Crippen LogP contribution is -2.70. The predicted octanol–water partition coefficient (Wildman–Crippen LogP) is 6.95. The van der Waals surface area contributed by atoms with Crippen LogP contribution in [0.3, 0.4) is 0 Å². The van der Waals surface area contributed by atoms with Crippen molar-refractivity contribution < 1.29 is 57.8 Å². The molecule has 15 nitrogen and oxygen atoms in total. The summed E-state index contributed by atoms with van der Waals surface area (Å²) < 4.78 is 42.9. The fourth-order valence-corrected chi connectivity index (χ4v) is 9.57. The lowest BCUT2D eigenvalue weighted by atomic mass is 9.55. The first-order chi connectivity index (χ1) is 29.3. The molecule has 7 unspecified atom stereocenters. The smallest absolute Gasteiger partial charge is 0.412 e. The molecule has 1 saturated heterocycles. The molecule has 0 spiro atoms. The minimum atomic E-state index is -1.52. The van der Waals surface area contributed by atoms with E-state index in [2.05, 4.69) is 18.0 Å². The Kier molecular flexibility index (Phi) is 14.5. The summed E-state index contributed by atoms with van der Waals surface area (Å²) in [5, 5.41) is 27.4. The van der Waals surface area contributed by atoms with Gasteiger partial charge in [-0.15, -0.1) is 6.58 Å². The van der Waals surface area contributed by atoms with Gasteiger partial charge in [0.25, 0.3) is 0 Å². The minimum Gasteiger partial charge on any atom is -0.459 e. The molecule has 2 aromatic carbocycles. The number of oxime groups is 1. The number of carbonyl (C=O) groups excluding carboxylic acids is 2. The largest absolute Gasteiger partial charge is 0.459 e. The third kappa shape index (κ3) is 9.24. The maximum absolute atomic E-state index is 14.3. The van der Waals surface area contributed by atoms with Gasteiger partial charge in [-0.05, 0) is 98.8 Å². The van der Waals surface area contributed by atoms with E-state index >= 15 is 0 Å². The van der Waals surface area contributed by atoms with Gasteiger partial charge in [-0.3, -0.25) is 4.90 Å². The number of nitrogens with zero attached hydrogens (tertiary/aromatic N) is 2. The third-order valence-electron chi connectivity index (χ3n) is 12.2. The molecule has 7 atom stereocenters. The highest BCUT2D eigenvalue weighted by molar-refractivity contribution is 6.03. The van der Waals surface area contributed by atoms with Crippen molar-refractivity contribution in [3.05, 3.63) is 71.8 Å². The fraction of sp³-hybridized carbons (Fsp3) is 0.578. The van der Waals surface area contributed by atoms with E-state index in [0.717, 1.165) is 55.2 Å². The van der Waals surface area contributed by atoms with Gasteiger partial charge in [0.05, 0.1) is 32.0 Å². The van der Waals surface area contributed by atoms with E-state index in [1.54, 1.807) is 23.1 Å². The zero-order valence-corrected chi connectivity index (χ0v) is 34.7. The van der Waals surface area contributed by atoms with Crippen molar-refractivity contribution in [3.8, 4) is 23.0 Å². The molecule has 0 bridgehead atoms. The second-order valence-electron chi connectivity index (χ2n) is 15.9. The molecule has 15 heteroatoms. The van der Waals surface area contributed by atoms with Crippen molar-refractivity contribution in [2.24, 2.45) is 22.9 Å². The van der Waals surface area contributed by atoms with Crippen molar-refractivity contribution in [1.29, 1.82) is 0 Å². The Balaban J connectivity index is 1.44. The molecule has 2 aliphatic carbocycles. The quantitative estimate of drug-likeness (QED) is 0.0802. The van der Waals surface area contributed by atoms with Crippen LogP contribution in [0.5, 0.6) is 23.0 Å². The van der Waals surface area contributed by atoms with E-state index in [0.29, 0.717) is 61.1 Å². The Bertz CT molecular complexity index is 1880. The Morgan fingerprint density at radius 2 is 1.83 bits per heavy atom. The number of unbranched alkanes of at least 4 members (excludes halogenated alkanes) is 2. The summed E-state index contributed by atoms with van der Waals surface area (Å²) in [7, 11) is 1.35. The van der Waals surface area contributed by atoms with Gasteiger partial charge in [0, 0.05) is 50.6 Å². The topological polar surface area (TPSA) is 176 Å². The second kappa shape index (κ2) is 20.2. The molecule has 2 amide bonds. The molecule has 0 radical (unpaired) electrons. The lowest BCUT2D eigenvalue weighted by molar-refractivity contribution is -0.256. The van der Waals surface area contributed by atoms with Crippen molar-refractivity contribution in [2.45, 2.75) is 102 Å². The second-order valence-corrected chi connectivity index (χ2v) is 15.9. The van der Waals surface area contributed by atoms with Crippen molar-refractivity contribution >= 4 is 17.9 Å². The number of hydrogen-bond acceptors (Lipinski definition) is 13. The van der Waals surface area contributed by atoms with E-state index in [9.17, 15) is 19.8 Å². The Morgan fingerprint density at radius 3 is 2.58 bits per heavy atom. The van der Waals surface area contributed by atoms with Gasteiger partial charge in [-0.2, -0.15) is 0 Å². The lowest BCUT2D eigenvalue weighted by Gasteiger charge is -2.59. The van der Waals surface area contributed by atoms with Crippen LogP contribution >= 0.6 is 0 Å². The Hall–Kier alpha value is -4.83. The molecule has 7 rings (SSSR count). The van der Waals surface area contributed by atoms with E-state index < -0.39 is 36.2 Å². The number of hydrogen-bond donors (Lipinski definition) is 3. The fourth-order valence-electron chi connectivity index (χ4n) is 9.57. The summed E-state index contributed by atoms with van der Waals surface area (Å²) in [6.45, 7) is 7.23. The third-order valence-corrected chi connectivity index (χ3v) is 12.2. The Morgan fingerprint density at radius 1 is 1.03 bits per heavy atom. The number of carbonyl (C=O) groups is 2. The van der Waals surface area contributed by atoms with Crippen LogP contribution in [0, 0.1) is 17.8 Å². The summed E-state index contributed by atoms with van der Waals surface area (Å²) in [4.78, 5) is 34.9. The summed E-state index contributed by atoms with van der Waals surface area (Å²) in [5.41, 5.74) is 3.09. The van der Waals surface area contributed by atoms with Gasteiger partial charge in [-0.25, -0.2) is 9.59 Å². The molecule has 3 aliphatic heterocycles. The van der Waals surface area contributed by atoms with Crippen LogP contribution in [0.2, 0.25) is 0 Å². The van der Waals surface area contributed by atoms with Crippen LogP contribution in [0.15, 0.2) is 65.9 Å². The zero-order valence-electron chi connectivity index (χ0n) is 34.7. The molecule has 5 aliphatic rings. The molecule has 0 aromatic heterocycles. The number of nitrogens with one attached hydrogen (secondary N) is 1. The van der Waals surface area contributed by atoms with Crippen molar-refractivity contribution in [2.75, 3.05) is 46.9 Å². The van der Waals surface area contributed by atoms with Crippen LogP contribution < -0.4 is 24.3 Å². The number of rotatable bonds is 18. The van der Waals surface area contributed by atoms with Gasteiger partial charge >= 0.3 is 12.2 Å². The molecule has 2 aromatic rings. The van der Waals surface area contributed by atoms with Crippen LogP contribution in [-0.4, -0.2) is 98.0 Å². The summed E-state index contributed by atoms with van der Waals surface area (Å²) in [6, 6.07) is 10.1. The molecule has 3 heterocycles. The van der Waals surface area contributed by atoms with Gasteiger partial charge in [0.2, 0.25) is 18.9 Å². The van der Waals surface area contributed by atoms with Crippen LogP contribution in [-0.2, 0) is 25.6 Å². The van der Waals surface area contributed by atoms with E-state index in [1.165, 1.54) is 7.11 Å². The highest BCUT2D eigenvalue weighted by Crippen LogP contribution is 2.62. The number of allylic oxidation sites excluding steroid dienone is 1. The zero-order chi connectivity index (χ0) is 42.1. The molecule has 3 N–H and O–H groups in total. The van der Waals surface area contributed by atoms with E-state index in [1.807, 2.05) is 31.2 Å². The maximum Gasteiger partial charge on any atom is 0.412 e. The first-order valence-electron chi connectivity index (χ1n) is 21.4. The highest BCUT2D eigenvalue weighted by Gasteiger charge is 2.65. The number of aliphatic hydroxyl groups excluding tert-OH is 2. The standard InChI is InChI=1S/C45H59N3O12/c1-4-21-57-45-39(48(44(52)53-3)27-29-15-17-37-38(23-29)56-28-55-37)26-35(47-60-40-14-8-11-22-54-40)33-24-30(12-6-9-19-49)32(13-7-10-20-50)41(42(33)45)34-25-31(16-18-36(34)59-45)58-43(51)46-5-2/h4,15-18,23-25,30,32,39-42,49-50H,1,5-14,19-22,26-28H2,2-3H3,(H,46,51). The molecule has 1 saturated carbocycles. The predicted molar refractivity (Wildman–Crippen MR) is 220 cm³/mol. The SMILES string of the molecule is C=CCOC12Oc3ccc(OC(=O)NCC)cc3C3C(CCCCO)C(CCCCO)C=C(C(=NOC4CCCCO4)CC1N(Cc1ccc4c(c1)OCO4)C(=O)OC)C32. The average molecular weight is 834 g/mol. The van der Waals surface area contributed by atoms with Crippen LogP contribution in [0.25, 0.3) is 0 Å². The number of ether oxygens (including phenoxy) is 7. The van der Waals surface area contributed by atoms with Gasteiger partial charge in [0.1, 0.15) is 17.5 Å². The first kappa shape index (κ1) is 43.3. The number of amides is 2. The highest BCUT2D eigenvalue weighted by atomic mass is 16.8. The number of benzene rings is 2. The van der Waals surface area contributed by atoms with Gasteiger partial charge in [-0.1, -0.05) is 36.2 Å². The van der Waals surface area contributed by atoms with Crippen molar-refractivity contribution in [1.82, 2.24) is 10.2 Å². The molecule has 2 fully saturated rings. The summed E-state index contributed by atoms with van der Waals surface area (Å²) in [6.07, 6.45) is 9.32. The van der Waals surface area contributed by atoms with Gasteiger partial charge < -0.3 is 53.5 Å². The average Bonchev–Trinajstić information content (AvgIpc) is 3.74. The van der Waals surface area contributed by atoms with E-state index in [-0.39, 0.29) is 57.3 Å². The first-order valence-corrected chi connectivity index (χ1v) is 21.4. The van der Waals surface area contributed by atoms with Gasteiger partial charge in [0.15, 0.2) is 11.5 Å². The van der Waals surface area contributed by atoms with Crippen LogP contribution in [0.4, 0.5) is 9.59 Å². The normalized spacial score (nSPS) is 26.8. The summed E-state index contributed by atoms with van der Waals surface area (Å²) in [5.74, 6) is -0.359. The number of fused-ring (bicyclic) bond motifs is 3. The number of aliphatic hydroxyl groups is 2. The van der Waals surface area contributed by atoms with E-state index in [4.69, 9.17) is 43.2 Å². The molecule has 326 valence electrons. The summed E-state index contributed by atoms with van der Waals surface area (Å²) >= 11 is 0. The molecular formula is C45H59N3O12. The Labute approximate surface area is 351 Å². The van der Waals surface area contributed by atoms with Crippen LogP contribution in [0.1, 0.15) is 88.2 Å².